The summed E-state index contributed by atoms with van der Waals surface area (Å²) >= 11 is 0. The summed E-state index contributed by atoms with van der Waals surface area (Å²) in [5.74, 6) is 0.152. The van der Waals surface area contributed by atoms with Gasteiger partial charge in [0.25, 0.3) is 0 Å². The van der Waals surface area contributed by atoms with Crippen LogP contribution < -0.4 is 5.32 Å². The zero-order chi connectivity index (χ0) is 12.8. The standard InChI is InChI=1S/C13H17N3O2/c14-8-13(5-6-13)15-11(17)10-2-1-7-16(10)12(18)9-3-4-9/h9-10H,1-7H2,(H,15,17). The van der Waals surface area contributed by atoms with Crippen LogP contribution in [0.4, 0.5) is 0 Å². The van der Waals surface area contributed by atoms with Crippen LogP contribution in [0.2, 0.25) is 0 Å². The fourth-order valence-corrected chi connectivity index (χ4v) is 2.58. The van der Waals surface area contributed by atoms with Crippen molar-refractivity contribution in [1.82, 2.24) is 10.2 Å². The van der Waals surface area contributed by atoms with E-state index in [-0.39, 0.29) is 23.8 Å². The summed E-state index contributed by atoms with van der Waals surface area (Å²) in [6.45, 7) is 0.687. The molecule has 1 aliphatic heterocycles. The summed E-state index contributed by atoms with van der Waals surface area (Å²) in [5.41, 5.74) is -0.631. The Bertz CT molecular complexity index is 432. The van der Waals surface area contributed by atoms with Gasteiger partial charge in [-0.15, -0.1) is 0 Å². The lowest BCUT2D eigenvalue weighted by Gasteiger charge is -2.25. The molecule has 3 fully saturated rings. The number of nitrogens with one attached hydrogen (secondary N) is 1. The van der Waals surface area contributed by atoms with E-state index in [1.165, 1.54) is 0 Å². The average Bonchev–Trinajstić information content (AvgIpc) is 3.28. The number of nitriles is 1. The van der Waals surface area contributed by atoms with Gasteiger partial charge in [0.15, 0.2) is 0 Å². The lowest BCUT2D eigenvalue weighted by Crippen LogP contribution is -2.49. The predicted molar refractivity (Wildman–Crippen MR) is 63.2 cm³/mol. The largest absolute Gasteiger partial charge is 0.336 e. The Morgan fingerprint density at radius 3 is 2.56 bits per heavy atom. The van der Waals surface area contributed by atoms with Gasteiger partial charge < -0.3 is 10.2 Å². The number of amides is 2. The maximum absolute atomic E-state index is 12.2. The molecule has 2 aliphatic carbocycles. The zero-order valence-corrected chi connectivity index (χ0v) is 10.3. The molecular weight excluding hydrogens is 230 g/mol. The van der Waals surface area contributed by atoms with Gasteiger partial charge in [-0.3, -0.25) is 9.59 Å². The molecule has 96 valence electrons. The molecule has 1 saturated heterocycles. The minimum Gasteiger partial charge on any atom is -0.336 e. The Morgan fingerprint density at radius 2 is 2.00 bits per heavy atom. The Balaban J connectivity index is 1.65. The highest BCUT2D eigenvalue weighted by Gasteiger charge is 2.48. The molecule has 0 radical (unpaired) electrons. The van der Waals surface area contributed by atoms with Gasteiger partial charge in [0.1, 0.15) is 11.6 Å². The van der Waals surface area contributed by atoms with E-state index in [2.05, 4.69) is 11.4 Å². The summed E-state index contributed by atoms with van der Waals surface area (Å²) < 4.78 is 0. The fraction of sp³-hybridized carbons (Fsp3) is 0.769. The number of carbonyl (C=O) groups excluding carboxylic acids is 2. The fourth-order valence-electron chi connectivity index (χ4n) is 2.58. The highest BCUT2D eigenvalue weighted by molar-refractivity contribution is 5.90. The maximum Gasteiger partial charge on any atom is 0.244 e. The second-order valence-electron chi connectivity index (χ2n) is 5.65. The second kappa shape index (κ2) is 3.98. The van der Waals surface area contributed by atoms with Crippen molar-refractivity contribution in [2.24, 2.45) is 5.92 Å². The molecule has 0 aromatic carbocycles. The van der Waals surface area contributed by atoms with Crippen LogP contribution in [-0.4, -0.2) is 34.8 Å². The van der Waals surface area contributed by atoms with Crippen molar-refractivity contribution < 1.29 is 9.59 Å². The van der Waals surface area contributed by atoms with Crippen molar-refractivity contribution in [3.05, 3.63) is 0 Å². The smallest absolute Gasteiger partial charge is 0.244 e. The topological polar surface area (TPSA) is 73.2 Å². The van der Waals surface area contributed by atoms with Gasteiger partial charge >= 0.3 is 0 Å². The van der Waals surface area contributed by atoms with Crippen LogP contribution in [0.5, 0.6) is 0 Å². The first-order valence-electron chi connectivity index (χ1n) is 6.69. The van der Waals surface area contributed by atoms with Crippen molar-refractivity contribution in [2.45, 2.75) is 50.1 Å². The molecular formula is C13H17N3O2. The van der Waals surface area contributed by atoms with Crippen molar-refractivity contribution >= 4 is 11.8 Å². The molecule has 3 aliphatic rings. The van der Waals surface area contributed by atoms with Gasteiger partial charge in [0.05, 0.1) is 6.07 Å². The van der Waals surface area contributed by atoms with Gasteiger partial charge in [0, 0.05) is 12.5 Å². The molecule has 2 saturated carbocycles. The third kappa shape index (κ3) is 1.96. The van der Waals surface area contributed by atoms with Crippen LogP contribution >= 0.6 is 0 Å². The van der Waals surface area contributed by atoms with Crippen LogP contribution in [0.1, 0.15) is 38.5 Å². The Labute approximate surface area is 106 Å². The summed E-state index contributed by atoms with van der Waals surface area (Å²) in [6.07, 6.45) is 5.01. The number of hydrogen-bond donors (Lipinski definition) is 1. The number of nitrogens with zero attached hydrogens (tertiary/aromatic N) is 2. The van der Waals surface area contributed by atoms with Crippen LogP contribution in [0.15, 0.2) is 0 Å². The molecule has 1 unspecified atom stereocenters. The van der Waals surface area contributed by atoms with Crippen molar-refractivity contribution in [3.8, 4) is 6.07 Å². The highest BCUT2D eigenvalue weighted by Crippen LogP contribution is 2.36. The Morgan fingerprint density at radius 1 is 1.28 bits per heavy atom. The zero-order valence-electron chi connectivity index (χ0n) is 10.3. The van der Waals surface area contributed by atoms with E-state index in [9.17, 15) is 9.59 Å². The molecule has 0 spiro atoms. The third-order valence-corrected chi connectivity index (χ3v) is 4.09. The van der Waals surface area contributed by atoms with Gasteiger partial charge in [-0.2, -0.15) is 5.26 Å². The van der Waals surface area contributed by atoms with E-state index in [1.807, 2.05) is 0 Å². The first-order chi connectivity index (χ1) is 8.65. The summed E-state index contributed by atoms with van der Waals surface area (Å²) in [7, 11) is 0. The molecule has 0 bridgehead atoms. The Hall–Kier alpha value is -1.57. The lowest BCUT2D eigenvalue weighted by atomic mass is 10.1. The number of likely N-dealkylation sites (tertiary alicyclic amines) is 1. The minimum atomic E-state index is -0.631. The van der Waals surface area contributed by atoms with E-state index in [4.69, 9.17) is 5.26 Å². The van der Waals surface area contributed by atoms with Crippen LogP contribution in [0.3, 0.4) is 0 Å². The lowest BCUT2D eigenvalue weighted by molar-refractivity contribution is -0.139. The average molecular weight is 247 g/mol. The van der Waals surface area contributed by atoms with E-state index in [0.717, 1.165) is 38.5 Å². The summed E-state index contributed by atoms with van der Waals surface area (Å²) in [4.78, 5) is 25.9. The third-order valence-electron chi connectivity index (χ3n) is 4.09. The maximum atomic E-state index is 12.2. The van der Waals surface area contributed by atoms with Crippen LogP contribution in [0.25, 0.3) is 0 Å². The summed E-state index contributed by atoms with van der Waals surface area (Å²) in [6, 6.07) is 1.81. The molecule has 1 heterocycles. The second-order valence-corrected chi connectivity index (χ2v) is 5.65. The molecule has 1 atom stereocenters. The minimum absolute atomic E-state index is 0.134. The van der Waals surface area contributed by atoms with E-state index in [1.54, 1.807) is 4.90 Å². The first-order valence-corrected chi connectivity index (χ1v) is 6.69. The van der Waals surface area contributed by atoms with Crippen molar-refractivity contribution in [3.63, 3.8) is 0 Å². The molecule has 1 N–H and O–H groups in total. The van der Waals surface area contributed by atoms with Crippen molar-refractivity contribution in [1.29, 1.82) is 5.26 Å². The van der Waals surface area contributed by atoms with Crippen molar-refractivity contribution in [2.75, 3.05) is 6.54 Å². The van der Waals surface area contributed by atoms with Crippen LogP contribution in [-0.2, 0) is 9.59 Å². The predicted octanol–water partition coefficient (Wildman–Crippen LogP) is 0.560. The van der Waals surface area contributed by atoms with E-state index in [0.29, 0.717) is 6.54 Å². The van der Waals surface area contributed by atoms with E-state index >= 15 is 0 Å². The van der Waals surface area contributed by atoms with Crippen LogP contribution in [0, 0.1) is 17.2 Å². The Kier molecular flexibility index (Phi) is 2.54. The molecule has 0 aromatic rings. The summed E-state index contributed by atoms with van der Waals surface area (Å²) in [5, 5.41) is 11.8. The molecule has 3 rings (SSSR count). The number of hydrogen-bond acceptors (Lipinski definition) is 3. The van der Waals surface area contributed by atoms with E-state index < -0.39 is 5.54 Å². The van der Waals surface area contributed by atoms with Gasteiger partial charge in [0.2, 0.25) is 11.8 Å². The number of carbonyl (C=O) groups is 2. The molecule has 5 nitrogen and oxygen atoms in total. The van der Waals surface area contributed by atoms with Gasteiger partial charge in [-0.1, -0.05) is 0 Å². The van der Waals surface area contributed by atoms with Gasteiger partial charge in [-0.05, 0) is 38.5 Å². The molecule has 0 aromatic heterocycles. The number of rotatable bonds is 3. The highest BCUT2D eigenvalue weighted by atomic mass is 16.2. The first kappa shape index (κ1) is 11.5. The van der Waals surface area contributed by atoms with Gasteiger partial charge in [-0.25, -0.2) is 0 Å². The molecule has 5 heteroatoms. The quantitative estimate of drug-likeness (QED) is 0.792. The monoisotopic (exact) mass is 247 g/mol. The molecule has 18 heavy (non-hydrogen) atoms. The SMILES string of the molecule is N#CC1(NC(=O)C2CCCN2C(=O)C2CC2)CC1. The molecule has 2 amide bonds. The normalized spacial score (nSPS) is 28.6.